The minimum atomic E-state index is -0.549. The summed E-state index contributed by atoms with van der Waals surface area (Å²) in [5.74, 6) is 0.673. The van der Waals surface area contributed by atoms with E-state index in [1.807, 2.05) is 22.6 Å². The van der Waals surface area contributed by atoms with Gasteiger partial charge in [-0.3, -0.25) is 14.9 Å². The van der Waals surface area contributed by atoms with E-state index in [1.165, 1.54) is 39.5 Å². The highest BCUT2D eigenvalue weighted by atomic mass is 127. The molecule has 0 atom stereocenters. The molecule has 0 spiro atoms. The molecular weight excluding hydrogens is 443 g/mol. The second-order valence-electron chi connectivity index (χ2n) is 4.79. The summed E-state index contributed by atoms with van der Waals surface area (Å²) in [4.78, 5) is 22.9. The van der Waals surface area contributed by atoms with Gasteiger partial charge in [0.2, 0.25) is 5.75 Å². The number of hydrogen-bond acceptors (Lipinski definition) is 6. The maximum absolute atomic E-state index is 12.5. The fourth-order valence-corrected chi connectivity index (χ4v) is 2.73. The minimum Gasteiger partial charge on any atom is -0.493 e. The number of carbonyl (C=O) groups excluding carboxylic acids is 1. The lowest BCUT2D eigenvalue weighted by Gasteiger charge is -2.15. The summed E-state index contributed by atoms with van der Waals surface area (Å²) in [6.45, 7) is 0. The van der Waals surface area contributed by atoms with Crippen molar-refractivity contribution >= 4 is 39.9 Å². The van der Waals surface area contributed by atoms with E-state index in [4.69, 9.17) is 14.2 Å². The number of rotatable bonds is 6. The SMILES string of the molecule is COc1cc(NC(=O)c2cc([N+](=O)[O-])ccc2I)cc(OC)c1OC. The van der Waals surface area contributed by atoms with Crippen LogP contribution in [0.4, 0.5) is 11.4 Å². The average Bonchev–Trinajstić information content (AvgIpc) is 2.60. The molecule has 0 aliphatic carbocycles. The largest absolute Gasteiger partial charge is 0.493 e. The lowest BCUT2D eigenvalue weighted by atomic mass is 10.1. The molecule has 9 heteroatoms. The van der Waals surface area contributed by atoms with Gasteiger partial charge in [-0.2, -0.15) is 0 Å². The molecule has 0 bridgehead atoms. The molecule has 0 aromatic heterocycles. The van der Waals surface area contributed by atoms with Gasteiger partial charge in [0.05, 0.1) is 31.8 Å². The van der Waals surface area contributed by atoms with E-state index in [-0.39, 0.29) is 11.3 Å². The monoisotopic (exact) mass is 458 g/mol. The van der Waals surface area contributed by atoms with E-state index < -0.39 is 10.8 Å². The van der Waals surface area contributed by atoms with Crippen molar-refractivity contribution in [3.05, 3.63) is 49.6 Å². The van der Waals surface area contributed by atoms with Crippen LogP contribution < -0.4 is 19.5 Å². The van der Waals surface area contributed by atoms with Gasteiger partial charge in [-0.05, 0) is 28.7 Å². The lowest BCUT2D eigenvalue weighted by molar-refractivity contribution is -0.384. The number of nitro groups is 1. The Bertz CT molecular complexity index is 799. The first-order valence-electron chi connectivity index (χ1n) is 6.96. The molecule has 1 amide bonds. The lowest BCUT2D eigenvalue weighted by Crippen LogP contribution is -2.14. The molecule has 0 fully saturated rings. The molecule has 2 rings (SSSR count). The molecule has 2 aromatic rings. The van der Waals surface area contributed by atoms with Gasteiger partial charge < -0.3 is 19.5 Å². The highest BCUT2D eigenvalue weighted by Crippen LogP contribution is 2.40. The van der Waals surface area contributed by atoms with Crippen molar-refractivity contribution in [2.45, 2.75) is 0 Å². The molecule has 25 heavy (non-hydrogen) atoms. The van der Waals surface area contributed by atoms with E-state index in [0.29, 0.717) is 26.5 Å². The van der Waals surface area contributed by atoms with E-state index in [1.54, 1.807) is 12.1 Å². The summed E-state index contributed by atoms with van der Waals surface area (Å²) < 4.78 is 16.3. The Morgan fingerprint density at radius 2 is 1.68 bits per heavy atom. The van der Waals surface area contributed by atoms with Crippen LogP contribution in [0, 0.1) is 13.7 Å². The van der Waals surface area contributed by atoms with Gasteiger partial charge in [-0.15, -0.1) is 0 Å². The Morgan fingerprint density at radius 1 is 1.08 bits per heavy atom. The van der Waals surface area contributed by atoms with Gasteiger partial charge in [0.1, 0.15) is 0 Å². The summed E-state index contributed by atoms with van der Waals surface area (Å²) in [7, 11) is 4.41. The first-order valence-corrected chi connectivity index (χ1v) is 8.04. The van der Waals surface area contributed by atoms with E-state index in [9.17, 15) is 14.9 Å². The molecule has 0 saturated heterocycles. The molecule has 0 aliphatic heterocycles. The number of anilines is 1. The zero-order valence-corrected chi connectivity index (χ0v) is 15.8. The van der Waals surface area contributed by atoms with Crippen LogP contribution in [0.5, 0.6) is 17.2 Å². The third kappa shape index (κ3) is 4.10. The van der Waals surface area contributed by atoms with Crippen LogP contribution in [0.3, 0.4) is 0 Å². The third-order valence-corrected chi connectivity index (χ3v) is 4.27. The number of nitrogens with zero attached hydrogens (tertiary/aromatic N) is 1. The first kappa shape index (κ1) is 18.8. The summed E-state index contributed by atoms with van der Waals surface area (Å²) in [6, 6.07) is 7.24. The summed E-state index contributed by atoms with van der Waals surface area (Å²) in [5, 5.41) is 13.6. The second kappa shape index (κ2) is 8.01. The van der Waals surface area contributed by atoms with Crippen molar-refractivity contribution in [1.29, 1.82) is 0 Å². The molecule has 2 aromatic carbocycles. The van der Waals surface area contributed by atoms with Crippen molar-refractivity contribution in [1.82, 2.24) is 0 Å². The number of non-ortho nitro benzene ring substituents is 1. The molecule has 1 N–H and O–H groups in total. The van der Waals surface area contributed by atoms with Gasteiger partial charge in [0, 0.05) is 33.5 Å². The maximum atomic E-state index is 12.5. The number of halogens is 1. The maximum Gasteiger partial charge on any atom is 0.270 e. The highest BCUT2D eigenvalue weighted by Gasteiger charge is 2.18. The van der Waals surface area contributed by atoms with Gasteiger partial charge in [0.15, 0.2) is 11.5 Å². The number of methoxy groups -OCH3 is 3. The van der Waals surface area contributed by atoms with Crippen LogP contribution in [0.1, 0.15) is 10.4 Å². The number of nitro benzene ring substituents is 1. The van der Waals surface area contributed by atoms with Gasteiger partial charge >= 0.3 is 0 Å². The molecule has 0 saturated carbocycles. The Morgan fingerprint density at radius 3 is 2.16 bits per heavy atom. The smallest absolute Gasteiger partial charge is 0.270 e. The standard InChI is InChI=1S/C16H15IN2O6/c1-23-13-6-9(7-14(24-2)15(13)25-3)18-16(20)11-8-10(19(21)22)4-5-12(11)17/h4-8H,1-3H3,(H,18,20). The molecule has 132 valence electrons. The number of hydrogen-bond donors (Lipinski definition) is 1. The Kier molecular flexibility index (Phi) is 6.02. The molecule has 0 heterocycles. The highest BCUT2D eigenvalue weighted by molar-refractivity contribution is 14.1. The Balaban J connectivity index is 2.38. The van der Waals surface area contributed by atoms with Crippen molar-refractivity contribution in [2.75, 3.05) is 26.6 Å². The number of benzene rings is 2. The quantitative estimate of drug-likeness (QED) is 0.404. The zero-order chi connectivity index (χ0) is 18.6. The normalized spacial score (nSPS) is 10.1. The van der Waals surface area contributed by atoms with Crippen molar-refractivity contribution in [3.8, 4) is 17.2 Å². The summed E-state index contributed by atoms with van der Waals surface area (Å²) >= 11 is 1.95. The van der Waals surface area contributed by atoms with Crippen LogP contribution in [0.2, 0.25) is 0 Å². The minimum absolute atomic E-state index is 0.157. The fourth-order valence-electron chi connectivity index (χ4n) is 2.15. The summed E-state index contributed by atoms with van der Waals surface area (Å²) in [6.07, 6.45) is 0. The van der Waals surface area contributed by atoms with Crippen LogP contribution in [-0.2, 0) is 0 Å². The van der Waals surface area contributed by atoms with E-state index in [2.05, 4.69) is 5.32 Å². The Labute approximate surface area is 157 Å². The van der Waals surface area contributed by atoms with Gasteiger partial charge in [-0.25, -0.2) is 0 Å². The van der Waals surface area contributed by atoms with E-state index in [0.717, 1.165) is 0 Å². The van der Waals surface area contributed by atoms with E-state index >= 15 is 0 Å². The number of nitrogens with one attached hydrogen (secondary N) is 1. The van der Waals surface area contributed by atoms with Crippen LogP contribution in [0.15, 0.2) is 30.3 Å². The summed E-state index contributed by atoms with van der Waals surface area (Å²) in [5.41, 5.74) is 0.445. The second-order valence-corrected chi connectivity index (χ2v) is 5.95. The van der Waals surface area contributed by atoms with Crippen LogP contribution in [-0.4, -0.2) is 32.2 Å². The van der Waals surface area contributed by atoms with Crippen molar-refractivity contribution in [3.63, 3.8) is 0 Å². The zero-order valence-electron chi connectivity index (χ0n) is 13.7. The molecule has 0 aliphatic rings. The number of amides is 1. The third-order valence-electron chi connectivity index (χ3n) is 3.33. The van der Waals surface area contributed by atoms with Gasteiger partial charge in [0.25, 0.3) is 11.6 Å². The first-order chi connectivity index (χ1) is 11.9. The predicted octanol–water partition coefficient (Wildman–Crippen LogP) is 3.48. The number of carbonyl (C=O) groups is 1. The van der Waals surface area contributed by atoms with Crippen molar-refractivity contribution in [2.24, 2.45) is 0 Å². The van der Waals surface area contributed by atoms with Crippen LogP contribution in [0.25, 0.3) is 0 Å². The number of ether oxygens (including phenoxy) is 3. The average molecular weight is 458 g/mol. The molecule has 8 nitrogen and oxygen atoms in total. The molecular formula is C16H15IN2O6. The van der Waals surface area contributed by atoms with Crippen molar-refractivity contribution < 1.29 is 23.9 Å². The Hall–Kier alpha value is -2.56. The molecule has 0 radical (unpaired) electrons. The predicted molar refractivity (Wildman–Crippen MR) is 99.9 cm³/mol. The van der Waals surface area contributed by atoms with Gasteiger partial charge in [-0.1, -0.05) is 0 Å². The molecule has 0 unspecified atom stereocenters. The topological polar surface area (TPSA) is 99.9 Å². The fraction of sp³-hybridized carbons (Fsp3) is 0.188. The van der Waals surface area contributed by atoms with Crippen LogP contribution >= 0.6 is 22.6 Å².